The van der Waals surface area contributed by atoms with Crippen molar-refractivity contribution in [1.82, 2.24) is 10.2 Å². The minimum Gasteiger partial charge on any atom is -0.155 e. The molecular weight excluding hydrogens is 100 g/mol. The molecule has 0 fully saturated rings. The highest BCUT2D eigenvalue weighted by atomic mass is 15.1. The number of hydrogen-bond acceptors (Lipinski definition) is 2. The van der Waals surface area contributed by atoms with E-state index in [0.29, 0.717) is 0 Å². The number of aryl methyl sites for hydroxylation is 2. The molecule has 1 aromatic heterocycles. The highest BCUT2D eigenvalue weighted by Gasteiger charge is 1.84. The molecule has 0 bridgehead atoms. The molecule has 0 spiro atoms. The van der Waals surface area contributed by atoms with Crippen molar-refractivity contribution in [3.8, 4) is 0 Å². The standard InChI is InChI=1S/C6H7N2/c1-5-3-6(2)8-7-4-5/h3H,1-2H3. The van der Waals surface area contributed by atoms with Crippen LogP contribution in [0.15, 0.2) is 6.07 Å². The van der Waals surface area contributed by atoms with E-state index in [1.165, 1.54) is 0 Å². The maximum Gasteiger partial charge on any atom is 0.116 e. The van der Waals surface area contributed by atoms with Crippen molar-refractivity contribution in [1.29, 1.82) is 0 Å². The predicted octanol–water partition coefficient (Wildman–Crippen LogP) is 0.894. The zero-order valence-electron chi connectivity index (χ0n) is 4.97. The topological polar surface area (TPSA) is 25.8 Å². The Morgan fingerprint density at radius 1 is 1.50 bits per heavy atom. The predicted molar refractivity (Wildman–Crippen MR) is 30.3 cm³/mol. The van der Waals surface area contributed by atoms with Crippen molar-refractivity contribution >= 4 is 0 Å². The molecule has 1 radical (unpaired) electrons. The maximum absolute atomic E-state index is 3.73. The Balaban J connectivity index is 3.08. The maximum atomic E-state index is 3.73. The Morgan fingerprint density at radius 2 is 2.25 bits per heavy atom. The largest absolute Gasteiger partial charge is 0.155 e. The summed E-state index contributed by atoms with van der Waals surface area (Å²) in [6.07, 6.45) is 2.71. The molecule has 0 aliphatic heterocycles. The van der Waals surface area contributed by atoms with Gasteiger partial charge in [-0.25, -0.2) is 0 Å². The fourth-order valence-corrected chi connectivity index (χ4v) is 0.557. The first-order valence-corrected chi connectivity index (χ1v) is 2.47. The van der Waals surface area contributed by atoms with Crippen LogP contribution in [0.3, 0.4) is 0 Å². The third kappa shape index (κ3) is 1.03. The van der Waals surface area contributed by atoms with Crippen LogP contribution in [-0.2, 0) is 0 Å². The molecule has 41 valence electrons. The van der Waals surface area contributed by atoms with Gasteiger partial charge < -0.3 is 0 Å². The molecule has 0 atom stereocenters. The van der Waals surface area contributed by atoms with Gasteiger partial charge in [0.15, 0.2) is 0 Å². The fraction of sp³-hybridized carbons (Fsp3) is 0.333. The molecule has 2 heteroatoms. The summed E-state index contributed by atoms with van der Waals surface area (Å²) < 4.78 is 0. The van der Waals surface area contributed by atoms with Crippen LogP contribution in [0.2, 0.25) is 0 Å². The van der Waals surface area contributed by atoms with Crippen molar-refractivity contribution in [2.45, 2.75) is 13.8 Å². The van der Waals surface area contributed by atoms with Crippen LogP contribution >= 0.6 is 0 Å². The van der Waals surface area contributed by atoms with Crippen molar-refractivity contribution in [2.24, 2.45) is 0 Å². The van der Waals surface area contributed by atoms with E-state index in [-0.39, 0.29) is 0 Å². The molecule has 0 saturated heterocycles. The highest BCUT2D eigenvalue weighted by Crippen LogP contribution is 1.92. The van der Waals surface area contributed by atoms with E-state index in [2.05, 4.69) is 16.4 Å². The van der Waals surface area contributed by atoms with Crippen LogP contribution < -0.4 is 0 Å². The van der Waals surface area contributed by atoms with Crippen LogP contribution in [0.4, 0.5) is 0 Å². The fourth-order valence-electron chi connectivity index (χ4n) is 0.557. The normalized spacial score (nSPS) is 9.25. The van der Waals surface area contributed by atoms with E-state index in [4.69, 9.17) is 0 Å². The first kappa shape index (κ1) is 5.22. The second-order valence-electron chi connectivity index (χ2n) is 1.78. The summed E-state index contributed by atoms with van der Waals surface area (Å²) in [7, 11) is 0. The molecule has 1 rings (SSSR count). The number of hydrogen-bond donors (Lipinski definition) is 0. The molecule has 1 heterocycles. The van der Waals surface area contributed by atoms with Gasteiger partial charge in [-0.1, -0.05) is 0 Å². The second-order valence-corrected chi connectivity index (χ2v) is 1.78. The van der Waals surface area contributed by atoms with Crippen molar-refractivity contribution < 1.29 is 0 Å². The van der Waals surface area contributed by atoms with Crippen LogP contribution in [0.5, 0.6) is 0 Å². The molecule has 0 N–H and O–H groups in total. The van der Waals surface area contributed by atoms with Gasteiger partial charge in [0.1, 0.15) is 6.20 Å². The molecule has 8 heavy (non-hydrogen) atoms. The lowest BCUT2D eigenvalue weighted by Gasteiger charge is -1.87. The van der Waals surface area contributed by atoms with E-state index in [1.807, 2.05) is 19.9 Å². The summed E-state index contributed by atoms with van der Waals surface area (Å²) >= 11 is 0. The van der Waals surface area contributed by atoms with Gasteiger partial charge in [0, 0.05) is 0 Å². The van der Waals surface area contributed by atoms with Gasteiger partial charge in [0.25, 0.3) is 0 Å². The van der Waals surface area contributed by atoms with Gasteiger partial charge in [-0.05, 0) is 25.5 Å². The van der Waals surface area contributed by atoms with Crippen molar-refractivity contribution in [3.05, 3.63) is 23.5 Å². The molecule has 0 amide bonds. The summed E-state index contributed by atoms with van der Waals surface area (Å²) in [5, 5.41) is 7.34. The zero-order valence-corrected chi connectivity index (χ0v) is 4.97. The molecule has 2 nitrogen and oxygen atoms in total. The Bertz CT molecular complexity index is 166. The average Bonchev–Trinajstić information content (AvgIpc) is 1.64. The van der Waals surface area contributed by atoms with E-state index in [0.717, 1.165) is 11.3 Å². The smallest absolute Gasteiger partial charge is 0.116 e. The Kier molecular flexibility index (Phi) is 1.24. The number of aromatic nitrogens is 2. The van der Waals surface area contributed by atoms with E-state index in [9.17, 15) is 0 Å². The summed E-state index contributed by atoms with van der Waals surface area (Å²) in [6, 6.07) is 1.94. The first-order valence-electron chi connectivity index (χ1n) is 2.47. The Morgan fingerprint density at radius 3 is 2.62 bits per heavy atom. The molecule has 0 aromatic carbocycles. The molecule has 0 unspecified atom stereocenters. The van der Waals surface area contributed by atoms with Gasteiger partial charge >= 0.3 is 0 Å². The van der Waals surface area contributed by atoms with Crippen LogP contribution in [0, 0.1) is 20.0 Å². The Hall–Kier alpha value is -0.920. The van der Waals surface area contributed by atoms with Gasteiger partial charge in [0.2, 0.25) is 0 Å². The lowest BCUT2D eigenvalue weighted by Crippen LogP contribution is -1.85. The zero-order chi connectivity index (χ0) is 5.98. The van der Waals surface area contributed by atoms with E-state index in [1.54, 1.807) is 0 Å². The second kappa shape index (κ2) is 1.90. The van der Waals surface area contributed by atoms with Crippen LogP contribution in [-0.4, -0.2) is 10.2 Å². The van der Waals surface area contributed by atoms with Gasteiger partial charge in [-0.2, -0.15) is 5.10 Å². The molecule has 0 saturated carbocycles. The van der Waals surface area contributed by atoms with Gasteiger partial charge in [0.05, 0.1) is 5.69 Å². The van der Waals surface area contributed by atoms with E-state index >= 15 is 0 Å². The minimum atomic E-state index is 0.946. The van der Waals surface area contributed by atoms with Crippen molar-refractivity contribution in [2.75, 3.05) is 0 Å². The minimum absolute atomic E-state index is 0.946. The van der Waals surface area contributed by atoms with E-state index < -0.39 is 0 Å². The number of rotatable bonds is 0. The molecular formula is C6H7N2. The summed E-state index contributed by atoms with van der Waals surface area (Å²) in [4.78, 5) is 0. The summed E-state index contributed by atoms with van der Waals surface area (Å²) in [6.45, 7) is 3.86. The van der Waals surface area contributed by atoms with Crippen molar-refractivity contribution in [3.63, 3.8) is 0 Å². The summed E-state index contributed by atoms with van der Waals surface area (Å²) in [5.41, 5.74) is 1.98. The summed E-state index contributed by atoms with van der Waals surface area (Å²) in [5.74, 6) is 0. The third-order valence-corrected chi connectivity index (χ3v) is 0.859. The Labute approximate surface area is 48.6 Å². The molecule has 0 aliphatic rings. The lowest BCUT2D eigenvalue weighted by atomic mass is 10.3. The van der Waals surface area contributed by atoms with Crippen LogP contribution in [0.1, 0.15) is 11.3 Å². The van der Waals surface area contributed by atoms with Crippen LogP contribution in [0.25, 0.3) is 0 Å². The first-order chi connectivity index (χ1) is 3.79. The third-order valence-electron chi connectivity index (χ3n) is 0.859. The lowest BCUT2D eigenvalue weighted by molar-refractivity contribution is 0.959. The SMILES string of the molecule is Cc1[c]nnc(C)c1. The van der Waals surface area contributed by atoms with Gasteiger partial charge in [-0.3, -0.25) is 0 Å². The van der Waals surface area contributed by atoms with Gasteiger partial charge in [-0.15, -0.1) is 5.10 Å². The monoisotopic (exact) mass is 107 g/mol. The molecule has 0 aliphatic carbocycles. The highest BCUT2D eigenvalue weighted by molar-refractivity contribution is 5.06. The average molecular weight is 107 g/mol. The number of nitrogens with zero attached hydrogens (tertiary/aromatic N) is 2. The molecule has 1 aromatic rings. The quantitative estimate of drug-likeness (QED) is 0.492.